The van der Waals surface area contributed by atoms with Crippen molar-refractivity contribution in [3.63, 3.8) is 0 Å². The molecule has 0 spiro atoms. The highest BCUT2D eigenvalue weighted by atomic mass is 32.2. The number of allylic oxidation sites excluding steroid dienone is 4. The first kappa shape index (κ1) is 36.2. The number of carbonyl (C=O) groups is 2. The molecule has 0 aromatic heterocycles. The molecule has 3 aromatic rings. The zero-order valence-electron chi connectivity index (χ0n) is 26.2. The SMILES string of the molecule is Nc1cc(S(=O)(=O)O)cc2c1C(=O)/C(=N\Nc1ccc(-c3ccc(N/N=C4/C(=O)C5=CC(N)C=CC5=CC4S(=O)(=O)O)cc3)cc1)C(S(=O)(=O)O)=C2. The molecule has 0 fully saturated rings. The summed E-state index contributed by atoms with van der Waals surface area (Å²) in [5.41, 5.74) is 17.4. The number of hydrazone groups is 2. The Morgan fingerprint density at radius 2 is 1.31 bits per heavy atom. The summed E-state index contributed by atoms with van der Waals surface area (Å²) in [6.07, 6.45) is 6.58. The number of nitrogens with two attached hydrogens (primary N) is 2. The summed E-state index contributed by atoms with van der Waals surface area (Å²) < 4.78 is 101. The fourth-order valence-corrected chi connectivity index (χ4v) is 7.47. The highest BCUT2D eigenvalue weighted by molar-refractivity contribution is 7.91. The van der Waals surface area contributed by atoms with Gasteiger partial charge in [0.15, 0.2) is 11.0 Å². The summed E-state index contributed by atoms with van der Waals surface area (Å²) in [6.45, 7) is 0. The van der Waals surface area contributed by atoms with Crippen LogP contribution in [-0.2, 0) is 35.1 Å². The number of Topliss-reactive ketones (excluding diaryl/α,β-unsaturated/α-hetero) is 2. The first-order valence-electron chi connectivity index (χ1n) is 14.7. The van der Waals surface area contributed by atoms with Gasteiger partial charge in [-0.1, -0.05) is 42.5 Å². The summed E-state index contributed by atoms with van der Waals surface area (Å²) in [7, 11) is -14.5. The largest absolute Gasteiger partial charge is 0.398 e. The normalized spacial score (nSPS) is 20.5. The van der Waals surface area contributed by atoms with Crippen LogP contribution in [0.15, 0.2) is 116 Å². The zero-order valence-corrected chi connectivity index (χ0v) is 28.6. The van der Waals surface area contributed by atoms with Crippen LogP contribution in [0.3, 0.4) is 0 Å². The molecule has 17 nitrogen and oxygen atoms in total. The second-order valence-electron chi connectivity index (χ2n) is 11.5. The Balaban J connectivity index is 1.20. The first-order valence-corrected chi connectivity index (χ1v) is 19.1. The van der Waals surface area contributed by atoms with Crippen LogP contribution >= 0.6 is 0 Å². The van der Waals surface area contributed by atoms with E-state index in [9.17, 15) is 48.5 Å². The standard InChI is InChI=1S/C32H26N6O11S3/c33-20-6-1-18-12-26(51(44,45)46)29(31(39)24(18)14-20)37-35-21-7-2-16(3-8-21)17-4-9-22(10-5-17)36-38-30-27(52(47,48)49)13-19-11-23(50(41,42)43)15-25(34)28(19)32(30)40/h1-15,20,26,35-36H,33-34H2,(H,41,42,43)(H,44,45,46)(H,47,48,49)/b37-29+,38-30-. The van der Waals surface area contributed by atoms with Crippen LogP contribution in [0.25, 0.3) is 17.2 Å². The molecule has 0 bridgehead atoms. The van der Waals surface area contributed by atoms with Crippen molar-refractivity contribution in [1.82, 2.24) is 0 Å². The maximum atomic E-state index is 13.3. The van der Waals surface area contributed by atoms with Gasteiger partial charge in [-0.2, -0.15) is 35.5 Å². The number of fused-ring (bicyclic) bond motifs is 2. The van der Waals surface area contributed by atoms with Gasteiger partial charge in [-0.25, -0.2) is 0 Å². The van der Waals surface area contributed by atoms with Crippen LogP contribution in [0.2, 0.25) is 0 Å². The Morgan fingerprint density at radius 3 is 1.85 bits per heavy atom. The van der Waals surface area contributed by atoms with Crippen molar-refractivity contribution in [3.8, 4) is 11.1 Å². The van der Waals surface area contributed by atoms with E-state index in [0.717, 1.165) is 18.2 Å². The number of nitrogens with zero attached hydrogens (tertiary/aromatic N) is 2. The summed E-state index contributed by atoms with van der Waals surface area (Å²) in [5, 5.41) is 6.21. The number of hydrogen-bond acceptors (Lipinski definition) is 14. The molecule has 2 unspecified atom stereocenters. The van der Waals surface area contributed by atoms with Gasteiger partial charge in [0.2, 0.25) is 11.6 Å². The lowest BCUT2D eigenvalue weighted by molar-refractivity contribution is -0.109. The molecule has 0 aliphatic heterocycles. The van der Waals surface area contributed by atoms with Crippen LogP contribution in [0.1, 0.15) is 15.9 Å². The maximum Gasteiger partial charge on any atom is 0.296 e. The van der Waals surface area contributed by atoms with E-state index in [-0.39, 0.29) is 22.4 Å². The van der Waals surface area contributed by atoms with E-state index in [2.05, 4.69) is 21.1 Å². The molecule has 3 aliphatic rings. The Labute approximate surface area is 296 Å². The molecule has 2 atom stereocenters. The molecule has 52 heavy (non-hydrogen) atoms. The molecule has 0 amide bonds. The number of nitrogens with one attached hydrogen (secondary N) is 2. The smallest absolute Gasteiger partial charge is 0.296 e. The van der Waals surface area contributed by atoms with E-state index in [1.807, 2.05) is 0 Å². The quantitative estimate of drug-likeness (QED) is 0.0984. The van der Waals surface area contributed by atoms with Crippen LogP contribution in [0.4, 0.5) is 17.1 Å². The Morgan fingerprint density at radius 1 is 0.731 bits per heavy atom. The molecule has 3 aromatic carbocycles. The number of nitrogen functional groups attached to an aromatic ring is 1. The van der Waals surface area contributed by atoms with Crippen molar-refractivity contribution in [1.29, 1.82) is 0 Å². The van der Waals surface area contributed by atoms with Crippen LogP contribution in [0.5, 0.6) is 0 Å². The molecule has 3 aliphatic carbocycles. The highest BCUT2D eigenvalue weighted by Crippen LogP contribution is 2.33. The molecule has 0 heterocycles. The monoisotopic (exact) mass is 766 g/mol. The lowest BCUT2D eigenvalue weighted by Crippen LogP contribution is -2.40. The summed E-state index contributed by atoms with van der Waals surface area (Å²) in [4.78, 5) is 24.8. The van der Waals surface area contributed by atoms with Gasteiger partial charge < -0.3 is 11.5 Å². The van der Waals surface area contributed by atoms with Crippen molar-refractivity contribution >= 4 is 76.5 Å². The summed E-state index contributed by atoms with van der Waals surface area (Å²) in [5.74, 6) is -1.74. The molecule has 20 heteroatoms. The highest BCUT2D eigenvalue weighted by Gasteiger charge is 2.39. The molecular formula is C32H26N6O11S3. The average Bonchev–Trinajstić information content (AvgIpc) is 3.06. The number of ketones is 2. The Bertz CT molecular complexity index is 2590. The van der Waals surface area contributed by atoms with E-state index in [1.165, 1.54) is 18.2 Å². The molecule has 0 saturated carbocycles. The fourth-order valence-electron chi connectivity index (χ4n) is 5.50. The second-order valence-corrected chi connectivity index (χ2v) is 15.9. The van der Waals surface area contributed by atoms with Crippen LogP contribution in [-0.4, -0.2) is 73.2 Å². The van der Waals surface area contributed by atoms with Gasteiger partial charge in [0.25, 0.3) is 30.4 Å². The van der Waals surface area contributed by atoms with E-state index >= 15 is 0 Å². The number of carbonyl (C=O) groups excluding carboxylic acids is 2. The van der Waals surface area contributed by atoms with Gasteiger partial charge >= 0.3 is 0 Å². The number of anilines is 3. The third-order valence-electron chi connectivity index (χ3n) is 7.98. The Kier molecular flexibility index (Phi) is 9.17. The minimum atomic E-state index is -5.06. The van der Waals surface area contributed by atoms with E-state index in [0.29, 0.717) is 28.1 Å². The molecule has 9 N–H and O–H groups in total. The third kappa shape index (κ3) is 7.25. The molecule has 0 saturated heterocycles. The number of benzene rings is 3. The third-order valence-corrected chi connectivity index (χ3v) is 10.7. The van der Waals surface area contributed by atoms with E-state index < -0.39 is 74.4 Å². The predicted molar refractivity (Wildman–Crippen MR) is 192 cm³/mol. The van der Waals surface area contributed by atoms with Gasteiger partial charge in [-0.15, -0.1) is 0 Å². The maximum absolute atomic E-state index is 13.3. The predicted octanol–water partition coefficient (Wildman–Crippen LogP) is 2.43. The summed E-state index contributed by atoms with van der Waals surface area (Å²) >= 11 is 0. The van der Waals surface area contributed by atoms with Gasteiger partial charge in [0.1, 0.15) is 10.6 Å². The van der Waals surface area contributed by atoms with Crippen LogP contribution < -0.4 is 22.3 Å². The average molecular weight is 767 g/mol. The molecular weight excluding hydrogens is 741 g/mol. The van der Waals surface area contributed by atoms with Gasteiger partial charge in [0, 0.05) is 17.3 Å². The van der Waals surface area contributed by atoms with Gasteiger partial charge in [-0.3, -0.25) is 34.1 Å². The van der Waals surface area contributed by atoms with Crippen molar-refractivity contribution in [3.05, 3.63) is 112 Å². The summed E-state index contributed by atoms with van der Waals surface area (Å²) in [6, 6.07) is 14.1. The molecule has 268 valence electrons. The lowest BCUT2D eigenvalue weighted by Gasteiger charge is -2.24. The number of rotatable bonds is 8. The van der Waals surface area contributed by atoms with Gasteiger partial charge in [-0.05, 0) is 70.8 Å². The molecule has 0 radical (unpaired) electrons. The van der Waals surface area contributed by atoms with Crippen molar-refractivity contribution in [2.24, 2.45) is 15.9 Å². The lowest BCUT2D eigenvalue weighted by atomic mass is 9.86. The minimum absolute atomic E-state index is 0.169. The van der Waals surface area contributed by atoms with Crippen molar-refractivity contribution in [2.45, 2.75) is 16.2 Å². The topological polar surface area (TPSA) is 298 Å². The van der Waals surface area contributed by atoms with E-state index in [1.54, 1.807) is 54.6 Å². The zero-order chi connectivity index (χ0) is 37.7. The number of hydrogen-bond donors (Lipinski definition) is 7. The van der Waals surface area contributed by atoms with Crippen molar-refractivity contribution < 1.29 is 48.5 Å². The second kappa shape index (κ2) is 13.2. The van der Waals surface area contributed by atoms with Gasteiger partial charge in [0.05, 0.1) is 21.8 Å². The fraction of sp³-hybridized carbons (Fsp3) is 0.0625. The first-order chi connectivity index (χ1) is 24.3. The van der Waals surface area contributed by atoms with Crippen molar-refractivity contribution in [2.75, 3.05) is 16.6 Å². The van der Waals surface area contributed by atoms with E-state index in [4.69, 9.17) is 11.5 Å². The molecule has 6 rings (SSSR count). The minimum Gasteiger partial charge on any atom is -0.398 e. The van der Waals surface area contributed by atoms with Crippen LogP contribution in [0, 0.1) is 0 Å². The Hall–Kier alpha value is -5.61.